The molecule has 1 heterocycles. The second-order valence-corrected chi connectivity index (χ2v) is 7.85. The molecular formula is C22H28N2O2. The van der Waals surface area contributed by atoms with E-state index in [1.54, 1.807) is 4.90 Å². The van der Waals surface area contributed by atoms with Crippen molar-refractivity contribution in [2.75, 3.05) is 0 Å². The molecule has 0 atom stereocenters. The van der Waals surface area contributed by atoms with Crippen molar-refractivity contribution in [2.24, 2.45) is 0 Å². The smallest absolute Gasteiger partial charge is 0.286 e. The first-order valence-corrected chi connectivity index (χ1v) is 10.2. The summed E-state index contributed by atoms with van der Waals surface area (Å²) in [6.07, 6.45) is 12.8. The minimum Gasteiger partial charge on any atom is -0.286 e. The lowest BCUT2D eigenvalue weighted by Gasteiger charge is -2.32. The van der Waals surface area contributed by atoms with Gasteiger partial charge in [-0.25, -0.2) is 4.79 Å². The van der Waals surface area contributed by atoms with Crippen molar-refractivity contribution >= 4 is 18.0 Å². The number of amides is 3. The Labute approximate surface area is 155 Å². The third-order valence-electron chi connectivity index (χ3n) is 6.09. The normalized spacial score (nSPS) is 24.7. The quantitative estimate of drug-likeness (QED) is 0.570. The highest BCUT2D eigenvalue weighted by Gasteiger charge is 2.47. The Morgan fingerprint density at radius 1 is 0.731 bits per heavy atom. The van der Waals surface area contributed by atoms with Crippen molar-refractivity contribution < 1.29 is 9.59 Å². The summed E-state index contributed by atoms with van der Waals surface area (Å²) in [5.41, 5.74) is 1.56. The SMILES string of the molecule is O=C1/C(=C/c2ccccc2)N(C2CCCCC2)C(=O)N1C1CCCCC1. The Hall–Kier alpha value is -2.10. The fraction of sp³-hybridized carbons (Fsp3) is 0.545. The summed E-state index contributed by atoms with van der Waals surface area (Å²) in [6.45, 7) is 0. The molecule has 138 valence electrons. The largest absolute Gasteiger partial charge is 0.332 e. The van der Waals surface area contributed by atoms with Crippen molar-refractivity contribution in [3.63, 3.8) is 0 Å². The summed E-state index contributed by atoms with van der Waals surface area (Å²) in [6, 6.07) is 10.1. The topological polar surface area (TPSA) is 40.6 Å². The molecule has 0 aromatic heterocycles. The van der Waals surface area contributed by atoms with Gasteiger partial charge >= 0.3 is 6.03 Å². The molecule has 26 heavy (non-hydrogen) atoms. The van der Waals surface area contributed by atoms with Crippen molar-refractivity contribution in [1.29, 1.82) is 0 Å². The van der Waals surface area contributed by atoms with Gasteiger partial charge in [-0.2, -0.15) is 0 Å². The van der Waals surface area contributed by atoms with Gasteiger partial charge in [-0.1, -0.05) is 68.9 Å². The number of hydrogen-bond donors (Lipinski definition) is 0. The van der Waals surface area contributed by atoms with Crippen LogP contribution in [-0.4, -0.2) is 33.8 Å². The van der Waals surface area contributed by atoms with Crippen LogP contribution in [0.4, 0.5) is 4.79 Å². The molecule has 0 unspecified atom stereocenters. The highest BCUT2D eigenvalue weighted by atomic mass is 16.2. The zero-order valence-corrected chi connectivity index (χ0v) is 15.4. The number of carbonyl (C=O) groups excluding carboxylic acids is 2. The van der Waals surface area contributed by atoms with E-state index in [4.69, 9.17) is 0 Å². The predicted octanol–water partition coefficient (Wildman–Crippen LogP) is 4.96. The van der Waals surface area contributed by atoms with E-state index in [1.165, 1.54) is 12.8 Å². The maximum atomic E-state index is 13.3. The molecule has 1 saturated heterocycles. The van der Waals surface area contributed by atoms with Gasteiger partial charge in [-0.05, 0) is 37.3 Å². The summed E-state index contributed by atoms with van der Waals surface area (Å²) < 4.78 is 0. The molecule has 1 aromatic rings. The third-order valence-corrected chi connectivity index (χ3v) is 6.09. The number of hydrogen-bond acceptors (Lipinski definition) is 2. The molecule has 0 bridgehead atoms. The highest BCUT2D eigenvalue weighted by molar-refractivity contribution is 6.14. The molecule has 2 saturated carbocycles. The maximum Gasteiger partial charge on any atom is 0.332 e. The van der Waals surface area contributed by atoms with E-state index < -0.39 is 0 Å². The number of nitrogens with zero attached hydrogens (tertiary/aromatic N) is 2. The molecular weight excluding hydrogens is 324 g/mol. The third kappa shape index (κ3) is 3.29. The van der Waals surface area contributed by atoms with Gasteiger partial charge in [0.1, 0.15) is 5.70 Å². The Balaban J connectivity index is 1.69. The number of urea groups is 1. The molecule has 0 radical (unpaired) electrons. The van der Waals surface area contributed by atoms with Crippen LogP contribution in [0.5, 0.6) is 0 Å². The number of benzene rings is 1. The van der Waals surface area contributed by atoms with Crippen molar-refractivity contribution in [1.82, 2.24) is 9.80 Å². The molecule has 4 heteroatoms. The predicted molar refractivity (Wildman–Crippen MR) is 102 cm³/mol. The van der Waals surface area contributed by atoms with Crippen LogP contribution >= 0.6 is 0 Å². The molecule has 1 aliphatic heterocycles. The van der Waals surface area contributed by atoms with Crippen LogP contribution in [0.2, 0.25) is 0 Å². The molecule has 3 aliphatic rings. The second kappa shape index (κ2) is 7.65. The van der Waals surface area contributed by atoms with Crippen molar-refractivity contribution in [3.8, 4) is 0 Å². The Morgan fingerprint density at radius 2 is 1.27 bits per heavy atom. The summed E-state index contributed by atoms with van der Waals surface area (Å²) in [5.74, 6) is -0.0867. The lowest BCUT2D eigenvalue weighted by atomic mass is 9.94. The highest BCUT2D eigenvalue weighted by Crippen LogP contribution is 2.36. The van der Waals surface area contributed by atoms with Gasteiger partial charge in [0.2, 0.25) is 0 Å². The van der Waals surface area contributed by atoms with Gasteiger partial charge in [0, 0.05) is 12.1 Å². The zero-order chi connectivity index (χ0) is 17.9. The van der Waals surface area contributed by atoms with E-state index in [9.17, 15) is 9.59 Å². The Kier molecular flexibility index (Phi) is 5.09. The number of imide groups is 1. The second-order valence-electron chi connectivity index (χ2n) is 7.85. The summed E-state index contributed by atoms with van der Waals surface area (Å²) in [7, 11) is 0. The Bertz CT molecular complexity index is 685. The van der Waals surface area contributed by atoms with Crippen LogP contribution < -0.4 is 0 Å². The lowest BCUT2D eigenvalue weighted by molar-refractivity contribution is -0.125. The molecule has 4 nitrogen and oxygen atoms in total. The molecule has 0 N–H and O–H groups in total. The average Bonchev–Trinajstić information content (AvgIpc) is 2.94. The zero-order valence-electron chi connectivity index (χ0n) is 15.4. The summed E-state index contributed by atoms with van der Waals surface area (Å²) >= 11 is 0. The van der Waals surface area contributed by atoms with Gasteiger partial charge in [-0.15, -0.1) is 0 Å². The van der Waals surface area contributed by atoms with Gasteiger partial charge in [0.05, 0.1) is 0 Å². The van der Waals surface area contributed by atoms with Crippen LogP contribution in [0.25, 0.3) is 6.08 Å². The van der Waals surface area contributed by atoms with E-state index in [2.05, 4.69) is 0 Å². The van der Waals surface area contributed by atoms with E-state index in [0.29, 0.717) is 5.70 Å². The van der Waals surface area contributed by atoms with Gasteiger partial charge in [-0.3, -0.25) is 14.6 Å². The van der Waals surface area contributed by atoms with E-state index in [1.807, 2.05) is 41.3 Å². The number of carbonyl (C=O) groups is 2. The fourth-order valence-corrected chi connectivity index (χ4v) is 4.72. The molecule has 1 aromatic carbocycles. The van der Waals surface area contributed by atoms with E-state index in [0.717, 1.165) is 56.9 Å². The van der Waals surface area contributed by atoms with Crippen LogP contribution in [0.3, 0.4) is 0 Å². The Morgan fingerprint density at radius 3 is 1.85 bits per heavy atom. The monoisotopic (exact) mass is 352 g/mol. The molecule has 3 amide bonds. The fourth-order valence-electron chi connectivity index (χ4n) is 4.72. The van der Waals surface area contributed by atoms with E-state index in [-0.39, 0.29) is 24.0 Å². The van der Waals surface area contributed by atoms with Gasteiger partial charge in [0.25, 0.3) is 5.91 Å². The van der Waals surface area contributed by atoms with E-state index >= 15 is 0 Å². The minimum absolute atomic E-state index is 0.0732. The first-order chi connectivity index (χ1) is 12.8. The molecule has 3 fully saturated rings. The van der Waals surface area contributed by atoms with Gasteiger partial charge in [0.15, 0.2) is 0 Å². The summed E-state index contributed by atoms with van der Waals surface area (Å²) in [4.78, 5) is 30.0. The first-order valence-electron chi connectivity index (χ1n) is 10.2. The average molecular weight is 352 g/mol. The van der Waals surface area contributed by atoms with Crippen LogP contribution in [-0.2, 0) is 4.79 Å². The van der Waals surface area contributed by atoms with Crippen LogP contribution in [0.15, 0.2) is 36.0 Å². The standard InChI is InChI=1S/C22H28N2O2/c25-21-20(16-17-10-4-1-5-11-17)23(18-12-6-2-7-13-18)22(26)24(21)19-14-8-3-9-15-19/h1,4-5,10-11,16,18-19H,2-3,6-9,12-15H2/b20-16-. The molecule has 4 rings (SSSR count). The molecule has 0 spiro atoms. The minimum atomic E-state index is -0.0867. The van der Waals surface area contributed by atoms with Crippen LogP contribution in [0.1, 0.15) is 69.8 Å². The van der Waals surface area contributed by atoms with Crippen molar-refractivity contribution in [2.45, 2.75) is 76.3 Å². The summed E-state index contributed by atoms with van der Waals surface area (Å²) in [5, 5.41) is 0. The first kappa shape index (κ1) is 17.3. The molecule has 2 aliphatic carbocycles. The van der Waals surface area contributed by atoms with Crippen LogP contribution in [0, 0.1) is 0 Å². The number of rotatable bonds is 3. The van der Waals surface area contributed by atoms with Crippen molar-refractivity contribution in [3.05, 3.63) is 41.6 Å². The lowest BCUT2D eigenvalue weighted by Crippen LogP contribution is -2.44. The maximum absolute atomic E-state index is 13.3. The van der Waals surface area contributed by atoms with Gasteiger partial charge < -0.3 is 0 Å².